The van der Waals surface area contributed by atoms with Crippen molar-refractivity contribution in [1.29, 1.82) is 5.26 Å². The van der Waals surface area contributed by atoms with E-state index in [0.29, 0.717) is 0 Å². The van der Waals surface area contributed by atoms with E-state index in [0.717, 1.165) is 15.8 Å². The van der Waals surface area contributed by atoms with E-state index in [1.807, 2.05) is 39.0 Å². The zero-order valence-electron chi connectivity index (χ0n) is 13.8. The largest absolute Gasteiger partial charge is 0.337 e. The summed E-state index contributed by atoms with van der Waals surface area (Å²) >= 11 is 3.10. The van der Waals surface area contributed by atoms with Gasteiger partial charge < -0.3 is 5.32 Å². The van der Waals surface area contributed by atoms with E-state index in [4.69, 9.17) is 0 Å². The molecule has 0 spiro atoms. The van der Waals surface area contributed by atoms with Gasteiger partial charge in [0, 0.05) is 5.75 Å². The van der Waals surface area contributed by atoms with E-state index in [9.17, 15) is 10.1 Å². The van der Waals surface area contributed by atoms with Crippen LogP contribution in [0.25, 0.3) is 0 Å². The molecule has 1 N–H and O–H groups in total. The highest BCUT2D eigenvalue weighted by Gasteiger charge is 2.32. The van der Waals surface area contributed by atoms with Gasteiger partial charge in [-0.15, -0.1) is 0 Å². The monoisotopic (exact) mass is 347 g/mol. The van der Waals surface area contributed by atoms with Gasteiger partial charge >= 0.3 is 0 Å². The van der Waals surface area contributed by atoms with Gasteiger partial charge in [-0.05, 0) is 31.4 Å². The van der Waals surface area contributed by atoms with Crippen molar-refractivity contribution in [3.8, 4) is 6.07 Å². The van der Waals surface area contributed by atoms with Gasteiger partial charge in [-0.3, -0.25) is 4.79 Å². The Balaban J connectivity index is 2.03. The van der Waals surface area contributed by atoms with Gasteiger partial charge in [-0.25, -0.2) is 4.99 Å². The van der Waals surface area contributed by atoms with E-state index in [2.05, 4.69) is 22.4 Å². The Bertz CT molecular complexity index is 666. The number of nitriles is 1. The number of benzene rings is 1. The van der Waals surface area contributed by atoms with Gasteiger partial charge in [0.15, 0.2) is 0 Å². The second-order valence-electron chi connectivity index (χ2n) is 6.01. The summed E-state index contributed by atoms with van der Waals surface area (Å²) in [6.45, 7) is 7.47. The molecular weight excluding hydrogens is 326 g/mol. The topological polar surface area (TPSA) is 65.2 Å². The third-order valence-corrected chi connectivity index (χ3v) is 6.27. The molecule has 0 saturated carbocycles. The molecule has 0 bridgehead atoms. The Morgan fingerprint density at radius 1 is 1.43 bits per heavy atom. The standard InChI is InChI=1S/C17H21N3OS2/c1-11(2)17(4,10-18)20-15(21)12(3)23-16-19-14-8-6-5-7-13(14)9-22-16/h5-8,11-12H,9H2,1-4H3,(H,20,21)/t12-,17-/m0/s1. The fraction of sp³-hybridized carbons (Fsp3) is 0.471. The molecule has 4 nitrogen and oxygen atoms in total. The first-order valence-corrected chi connectivity index (χ1v) is 9.41. The molecular formula is C17H21N3OS2. The molecule has 0 radical (unpaired) electrons. The highest BCUT2D eigenvalue weighted by Crippen LogP contribution is 2.35. The van der Waals surface area contributed by atoms with Gasteiger partial charge in [-0.2, -0.15) is 5.26 Å². The lowest BCUT2D eigenvalue weighted by Gasteiger charge is -2.28. The van der Waals surface area contributed by atoms with E-state index in [1.54, 1.807) is 18.7 Å². The zero-order chi connectivity index (χ0) is 17.0. The fourth-order valence-electron chi connectivity index (χ4n) is 1.94. The van der Waals surface area contributed by atoms with E-state index < -0.39 is 5.54 Å². The molecule has 2 atom stereocenters. The van der Waals surface area contributed by atoms with Crippen LogP contribution < -0.4 is 5.32 Å². The molecule has 1 aliphatic heterocycles. The fourth-order valence-corrected chi connectivity index (χ4v) is 4.12. The second-order valence-corrected chi connectivity index (χ2v) is 8.57. The van der Waals surface area contributed by atoms with Crippen LogP contribution in [-0.4, -0.2) is 21.1 Å². The van der Waals surface area contributed by atoms with E-state index >= 15 is 0 Å². The van der Waals surface area contributed by atoms with Crippen molar-refractivity contribution in [2.24, 2.45) is 10.9 Å². The average Bonchev–Trinajstić information content (AvgIpc) is 2.54. The molecule has 0 aromatic heterocycles. The number of hydrogen-bond donors (Lipinski definition) is 1. The highest BCUT2D eigenvalue weighted by atomic mass is 32.2. The summed E-state index contributed by atoms with van der Waals surface area (Å²) in [6, 6.07) is 10.3. The van der Waals surface area contributed by atoms with Crippen molar-refractivity contribution in [3.05, 3.63) is 29.8 Å². The molecule has 1 aliphatic rings. The molecule has 1 amide bonds. The maximum atomic E-state index is 12.4. The van der Waals surface area contributed by atoms with Gasteiger partial charge in [0.1, 0.15) is 9.91 Å². The van der Waals surface area contributed by atoms with Gasteiger partial charge in [0.2, 0.25) is 5.91 Å². The van der Waals surface area contributed by atoms with Crippen molar-refractivity contribution >= 4 is 39.5 Å². The third-order valence-electron chi connectivity index (χ3n) is 3.97. The van der Waals surface area contributed by atoms with Crippen LogP contribution >= 0.6 is 23.5 Å². The number of rotatable bonds is 4. The predicted octanol–water partition coefficient (Wildman–Crippen LogP) is 4.10. The molecule has 23 heavy (non-hydrogen) atoms. The van der Waals surface area contributed by atoms with Crippen LogP contribution in [0.2, 0.25) is 0 Å². The molecule has 2 rings (SSSR count). The first-order valence-electron chi connectivity index (χ1n) is 7.55. The van der Waals surface area contributed by atoms with Crippen LogP contribution in [0.1, 0.15) is 33.3 Å². The minimum atomic E-state index is -0.847. The predicted molar refractivity (Wildman–Crippen MR) is 98.9 cm³/mol. The number of carbonyl (C=O) groups is 1. The molecule has 122 valence electrons. The molecule has 6 heteroatoms. The van der Waals surface area contributed by atoms with Crippen LogP contribution in [0.3, 0.4) is 0 Å². The number of para-hydroxylation sites is 1. The molecule has 1 aromatic rings. The maximum Gasteiger partial charge on any atom is 0.234 e. The third kappa shape index (κ3) is 4.30. The Hall–Kier alpha value is -1.45. The average molecular weight is 348 g/mol. The quantitative estimate of drug-likeness (QED) is 0.890. The SMILES string of the molecule is CC(C)[C@](C)(C#N)NC(=O)[C@H](C)SC1=Nc2ccccc2CS1. The maximum absolute atomic E-state index is 12.4. The van der Waals surface area contributed by atoms with Gasteiger partial charge in [-0.1, -0.05) is 55.6 Å². The van der Waals surface area contributed by atoms with Crippen LogP contribution in [-0.2, 0) is 10.5 Å². The Morgan fingerprint density at radius 2 is 2.13 bits per heavy atom. The first kappa shape index (κ1) is 17.9. The summed E-state index contributed by atoms with van der Waals surface area (Å²) in [5.41, 5.74) is 1.35. The lowest BCUT2D eigenvalue weighted by molar-refractivity contribution is -0.121. The van der Waals surface area contributed by atoms with Crippen LogP contribution in [0.15, 0.2) is 29.3 Å². The molecule has 1 aromatic carbocycles. The molecule has 0 aliphatic carbocycles. The Morgan fingerprint density at radius 3 is 2.78 bits per heavy atom. The number of hydrogen-bond acceptors (Lipinski definition) is 5. The molecule has 1 heterocycles. The number of nitrogens with one attached hydrogen (secondary N) is 1. The number of carbonyl (C=O) groups excluding carboxylic acids is 1. The summed E-state index contributed by atoms with van der Waals surface area (Å²) in [7, 11) is 0. The van der Waals surface area contributed by atoms with Crippen molar-refractivity contribution < 1.29 is 4.79 Å². The Labute approximate surface area is 146 Å². The molecule has 0 saturated heterocycles. The number of nitrogens with zero attached hydrogens (tertiary/aromatic N) is 2. The van der Waals surface area contributed by atoms with Crippen LogP contribution in [0, 0.1) is 17.2 Å². The molecule has 0 fully saturated rings. The Kier molecular flexibility index (Phi) is 5.77. The van der Waals surface area contributed by atoms with Gasteiger partial charge in [0.25, 0.3) is 0 Å². The number of amides is 1. The van der Waals surface area contributed by atoms with Gasteiger partial charge in [0.05, 0.1) is 17.0 Å². The lowest BCUT2D eigenvalue weighted by Crippen LogP contribution is -2.51. The smallest absolute Gasteiger partial charge is 0.234 e. The van der Waals surface area contributed by atoms with E-state index in [1.165, 1.54) is 17.3 Å². The van der Waals surface area contributed by atoms with Crippen molar-refractivity contribution in [2.75, 3.05) is 0 Å². The van der Waals surface area contributed by atoms with Crippen molar-refractivity contribution in [1.82, 2.24) is 5.32 Å². The summed E-state index contributed by atoms with van der Waals surface area (Å²) in [4.78, 5) is 17.0. The highest BCUT2D eigenvalue weighted by molar-refractivity contribution is 8.39. The normalized spacial score (nSPS) is 17.5. The summed E-state index contributed by atoms with van der Waals surface area (Å²) < 4.78 is 0.898. The van der Waals surface area contributed by atoms with E-state index in [-0.39, 0.29) is 17.1 Å². The summed E-state index contributed by atoms with van der Waals surface area (Å²) in [5.74, 6) is 0.787. The summed E-state index contributed by atoms with van der Waals surface area (Å²) in [6.07, 6.45) is 0. The lowest BCUT2D eigenvalue weighted by atomic mass is 9.90. The first-order chi connectivity index (χ1) is 10.9. The zero-order valence-corrected chi connectivity index (χ0v) is 15.4. The van der Waals surface area contributed by atoms with Crippen LogP contribution in [0.4, 0.5) is 5.69 Å². The second kappa shape index (κ2) is 7.41. The summed E-state index contributed by atoms with van der Waals surface area (Å²) in [5, 5.41) is 11.9. The van der Waals surface area contributed by atoms with Crippen LogP contribution in [0.5, 0.6) is 0 Å². The number of thioether (sulfide) groups is 2. The van der Waals surface area contributed by atoms with Crippen molar-refractivity contribution in [2.45, 2.75) is 44.2 Å². The molecule has 0 unspecified atom stereocenters. The van der Waals surface area contributed by atoms with Crippen molar-refractivity contribution in [3.63, 3.8) is 0 Å². The minimum absolute atomic E-state index is 0.0434. The number of aliphatic imine (C=N–C) groups is 1. The number of fused-ring (bicyclic) bond motifs is 1. The minimum Gasteiger partial charge on any atom is -0.337 e.